The van der Waals surface area contributed by atoms with E-state index in [1.807, 2.05) is 24.0 Å². The first-order valence-corrected chi connectivity index (χ1v) is 9.00. The molecular weight excluding hydrogens is 288 g/mol. The molecule has 1 amide bonds. The van der Waals surface area contributed by atoms with Gasteiger partial charge in [0.1, 0.15) is 0 Å². The van der Waals surface area contributed by atoms with E-state index in [2.05, 4.69) is 17.0 Å². The molecule has 1 aromatic carbocycles. The highest BCUT2D eigenvalue weighted by Crippen LogP contribution is 2.23. The zero-order chi connectivity index (χ0) is 16.1. The molecule has 4 nitrogen and oxygen atoms in total. The number of hydrogen-bond donors (Lipinski definition) is 0. The van der Waals surface area contributed by atoms with Gasteiger partial charge in [0.15, 0.2) is 0 Å². The Balaban J connectivity index is 1.60. The first kappa shape index (κ1) is 16.3. The molecule has 0 bridgehead atoms. The maximum absolute atomic E-state index is 12.7. The van der Waals surface area contributed by atoms with Gasteiger partial charge in [0.05, 0.1) is 6.61 Å². The van der Waals surface area contributed by atoms with E-state index in [1.165, 1.54) is 18.5 Å². The minimum absolute atomic E-state index is 0.166. The van der Waals surface area contributed by atoms with Crippen molar-refractivity contribution in [2.45, 2.75) is 32.6 Å². The summed E-state index contributed by atoms with van der Waals surface area (Å²) in [5, 5.41) is 0. The van der Waals surface area contributed by atoms with Crippen LogP contribution >= 0.6 is 0 Å². The fourth-order valence-electron chi connectivity index (χ4n) is 3.64. The molecule has 4 heteroatoms. The lowest BCUT2D eigenvalue weighted by atomic mass is 9.98. The van der Waals surface area contributed by atoms with E-state index >= 15 is 0 Å². The number of benzene rings is 1. The van der Waals surface area contributed by atoms with Crippen molar-refractivity contribution < 1.29 is 9.53 Å². The van der Waals surface area contributed by atoms with Gasteiger partial charge in [-0.2, -0.15) is 0 Å². The second-order valence-electron chi connectivity index (χ2n) is 6.66. The van der Waals surface area contributed by atoms with Crippen molar-refractivity contribution in [3.05, 3.63) is 29.8 Å². The van der Waals surface area contributed by atoms with Gasteiger partial charge in [-0.15, -0.1) is 0 Å². The first-order chi connectivity index (χ1) is 11.3. The van der Waals surface area contributed by atoms with Crippen molar-refractivity contribution in [2.75, 3.05) is 44.3 Å². The van der Waals surface area contributed by atoms with Crippen molar-refractivity contribution in [1.29, 1.82) is 0 Å². The highest BCUT2D eigenvalue weighted by Gasteiger charge is 2.24. The zero-order valence-electron chi connectivity index (χ0n) is 14.2. The summed E-state index contributed by atoms with van der Waals surface area (Å²) in [6.45, 7) is 7.52. The van der Waals surface area contributed by atoms with Gasteiger partial charge in [0, 0.05) is 44.0 Å². The zero-order valence-corrected chi connectivity index (χ0v) is 14.2. The van der Waals surface area contributed by atoms with E-state index < -0.39 is 0 Å². The van der Waals surface area contributed by atoms with E-state index in [0.717, 1.165) is 57.8 Å². The standard InChI is InChI=1S/C19H28N2O2/c1-2-23-15-16-6-5-13-21(14-16)19(22)17-7-9-18(10-8-17)20-11-3-4-12-20/h7-10,16H,2-6,11-15H2,1H3. The number of likely N-dealkylation sites (tertiary alicyclic amines) is 1. The van der Waals surface area contributed by atoms with Crippen LogP contribution < -0.4 is 4.90 Å². The van der Waals surface area contributed by atoms with Crippen LogP contribution in [-0.4, -0.2) is 50.2 Å². The molecule has 0 saturated carbocycles. The molecule has 23 heavy (non-hydrogen) atoms. The predicted molar refractivity (Wildman–Crippen MR) is 93.0 cm³/mol. The molecular formula is C19H28N2O2. The number of hydrogen-bond acceptors (Lipinski definition) is 3. The Morgan fingerprint density at radius 2 is 1.87 bits per heavy atom. The number of ether oxygens (including phenoxy) is 1. The Kier molecular flexibility index (Phi) is 5.55. The van der Waals surface area contributed by atoms with Crippen molar-refractivity contribution in [1.82, 2.24) is 4.90 Å². The second-order valence-corrected chi connectivity index (χ2v) is 6.66. The lowest BCUT2D eigenvalue weighted by Gasteiger charge is -2.32. The van der Waals surface area contributed by atoms with Crippen molar-refractivity contribution in [3.63, 3.8) is 0 Å². The summed E-state index contributed by atoms with van der Waals surface area (Å²) in [7, 11) is 0. The number of amides is 1. The normalized spacial score (nSPS) is 21.7. The van der Waals surface area contributed by atoms with Gasteiger partial charge in [0.2, 0.25) is 0 Å². The second kappa shape index (κ2) is 7.82. The minimum atomic E-state index is 0.166. The quantitative estimate of drug-likeness (QED) is 0.836. The number of nitrogens with zero attached hydrogens (tertiary/aromatic N) is 2. The van der Waals surface area contributed by atoms with Crippen LogP contribution in [0.2, 0.25) is 0 Å². The first-order valence-electron chi connectivity index (χ1n) is 9.00. The maximum Gasteiger partial charge on any atom is 0.253 e. The van der Waals surface area contributed by atoms with Crippen LogP contribution in [0.5, 0.6) is 0 Å². The molecule has 2 heterocycles. The average molecular weight is 316 g/mol. The van der Waals surface area contributed by atoms with Gasteiger partial charge < -0.3 is 14.5 Å². The largest absolute Gasteiger partial charge is 0.381 e. The van der Waals surface area contributed by atoms with E-state index in [-0.39, 0.29) is 5.91 Å². The van der Waals surface area contributed by atoms with Gasteiger partial charge in [0.25, 0.3) is 5.91 Å². The Morgan fingerprint density at radius 3 is 2.57 bits per heavy atom. The Hall–Kier alpha value is -1.55. The van der Waals surface area contributed by atoms with Gasteiger partial charge in [-0.3, -0.25) is 4.79 Å². The average Bonchev–Trinajstić information content (AvgIpc) is 3.14. The van der Waals surface area contributed by atoms with Gasteiger partial charge in [-0.1, -0.05) is 0 Å². The lowest BCUT2D eigenvalue weighted by Crippen LogP contribution is -2.41. The van der Waals surface area contributed by atoms with E-state index in [9.17, 15) is 4.79 Å². The van der Waals surface area contributed by atoms with Crippen molar-refractivity contribution in [3.8, 4) is 0 Å². The Labute approximate surface area is 139 Å². The number of rotatable bonds is 5. The highest BCUT2D eigenvalue weighted by atomic mass is 16.5. The van der Waals surface area contributed by atoms with Crippen molar-refractivity contribution >= 4 is 11.6 Å². The fourth-order valence-corrected chi connectivity index (χ4v) is 3.64. The van der Waals surface area contributed by atoms with Crippen LogP contribution in [0, 0.1) is 5.92 Å². The summed E-state index contributed by atoms with van der Waals surface area (Å²) in [6, 6.07) is 8.17. The third-order valence-corrected chi connectivity index (χ3v) is 4.95. The van der Waals surface area contributed by atoms with Crippen LogP contribution in [0.25, 0.3) is 0 Å². The molecule has 0 N–H and O–H groups in total. The van der Waals surface area contributed by atoms with Gasteiger partial charge in [-0.05, 0) is 62.8 Å². The Bertz CT molecular complexity index is 509. The Morgan fingerprint density at radius 1 is 1.13 bits per heavy atom. The summed E-state index contributed by atoms with van der Waals surface area (Å²) in [5.41, 5.74) is 2.05. The molecule has 0 aromatic heterocycles. The molecule has 1 unspecified atom stereocenters. The third kappa shape index (κ3) is 4.05. The smallest absolute Gasteiger partial charge is 0.253 e. The van der Waals surface area contributed by atoms with Gasteiger partial charge in [-0.25, -0.2) is 0 Å². The van der Waals surface area contributed by atoms with Crippen LogP contribution in [0.3, 0.4) is 0 Å². The van der Waals surface area contributed by atoms with E-state index in [4.69, 9.17) is 4.74 Å². The molecule has 0 aliphatic carbocycles. The van der Waals surface area contributed by atoms with Crippen LogP contribution in [-0.2, 0) is 4.74 Å². The SMILES string of the molecule is CCOCC1CCCN(C(=O)c2ccc(N3CCCC3)cc2)C1. The summed E-state index contributed by atoms with van der Waals surface area (Å²) in [5.74, 6) is 0.649. The summed E-state index contributed by atoms with van der Waals surface area (Å²) < 4.78 is 5.54. The maximum atomic E-state index is 12.7. The monoisotopic (exact) mass is 316 g/mol. The molecule has 126 valence electrons. The molecule has 0 spiro atoms. The molecule has 2 aliphatic rings. The fraction of sp³-hybridized carbons (Fsp3) is 0.632. The number of carbonyl (C=O) groups is 1. The molecule has 3 rings (SSSR count). The number of anilines is 1. The lowest BCUT2D eigenvalue weighted by molar-refractivity contribution is 0.0501. The predicted octanol–water partition coefficient (Wildman–Crippen LogP) is 3.18. The summed E-state index contributed by atoms with van der Waals surface area (Å²) in [4.78, 5) is 17.1. The molecule has 0 radical (unpaired) electrons. The summed E-state index contributed by atoms with van der Waals surface area (Å²) in [6.07, 6.45) is 4.79. The third-order valence-electron chi connectivity index (χ3n) is 4.95. The van der Waals surface area contributed by atoms with E-state index in [0.29, 0.717) is 5.92 Å². The molecule has 1 atom stereocenters. The molecule has 2 fully saturated rings. The van der Waals surface area contributed by atoms with Crippen LogP contribution in [0.15, 0.2) is 24.3 Å². The molecule has 2 saturated heterocycles. The van der Waals surface area contributed by atoms with Crippen LogP contribution in [0.4, 0.5) is 5.69 Å². The topological polar surface area (TPSA) is 32.8 Å². The van der Waals surface area contributed by atoms with E-state index in [1.54, 1.807) is 0 Å². The van der Waals surface area contributed by atoms with Crippen molar-refractivity contribution in [2.24, 2.45) is 5.92 Å². The highest BCUT2D eigenvalue weighted by molar-refractivity contribution is 5.94. The number of carbonyl (C=O) groups excluding carboxylic acids is 1. The van der Waals surface area contributed by atoms with Gasteiger partial charge >= 0.3 is 0 Å². The van der Waals surface area contributed by atoms with Crippen LogP contribution in [0.1, 0.15) is 43.0 Å². The summed E-state index contributed by atoms with van der Waals surface area (Å²) >= 11 is 0. The molecule has 1 aromatic rings. The number of piperidine rings is 1. The molecule has 2 aliphatic heterocycles. The minimum Gasteiger partial charge on any atom is -0.381 e.